The van der Waals surface area contributed by atoms with Crippen molar-refractivity contribution in [1.29, 1.82) is 0 Å². The first kappa shape index (κ1) is 15.8. The van der Waals surface area contributed by atoms with Crippen LogP contribution in [0.3, 0.4) is 0 Å². The topological polar surface area (TPSA) is 29.3 Å². The molecule has 2 nitrogen and oxygen atoms in total. The van der Waals surface area contributed by atoms with Gasteiger partial charge in [0.05, 0.1) is 6.04 Å². The highest BCUT2D eigenvalue weighted by atomic mass is 35.5. The summed E-state index contributed by atoms with van der Waals surface area (Å²) in [6.07, 6.45) is 6.16. The molecule has 3 heteroatoms. The molecule has 20 heavy (non-hydrogen) atoms. The third-order valence-electron chi connectivity index (χ3n) is 4.56. The van der Waals surface area contributed by atoms with E-state index in [0.717, 1.165) is 18.0 Å². The summed E-state index contributed by atoms with van der Waals surface area (Å²) in [5.74, 6) is 0. The van der Waals surface area contributed by atoms with E-state index in [0.29, 0.717) is 6.04 Å². The molecule has 1 aliphatic rings. The molecule has 1 heterocycles. The van der Waals surface area contributed by atoms with Gasteiger partial charge in [0.15, 0.2) is 0 Å². The quantitative estimate of drug-likeness (QED) is 0.893. The number of hydrogen-bond donors (Lipinski definition) is 1. The molecule has 0 aromatic heterocycles. The molecular formula is C17H27ClN2. The fourth-order valence-corrected chi connectivity index (χ4v) is 3.55. The molecule has 0 aliphatic carbocycles. The molecule has 1 saturated heterocycles. The molecule has 0 amide bonds. The van der Waals surface area contributed by atoms with Crippen LogP contribution in [0.15, 0.2) is 24.3 Å². The molecule has 2 rings (SSSR count). The molecule has 0 saturated carbocycles. The van der Waals surface area contributed by atoms with Crippen LogP contribution in [0.4, 0.5) is 0 Å². The van der Waals surface area contributed by atoms with Gasteiger partial charge in [-0.2, -0.15) is 0 Å². The number of hydrogen-bond acceptors (Lipinski definition) is 2. The van der Waals surface area contributed by atoms with Crippen molar-refractivity contribution >= 4 is 11.6 Å². The van der Waals surface area contributed by atoms with Gasteiger partial charge in [0.2, 0.25) is 0 Å². The second-order valence-electron chi connectivity index (χ2n) is 5.97. The molecule has 3 unspecified atom stereocenters. The first-order valence-electron chi connectivity index (χ1n) is 7.91. The van der Waals surface area contributed by atoms with Gasteiger partial charge >= 0.3 is 0 Å². The average Bonchev–Trinajstić information content (AvgIpc) is 2.66. The zero-order valence-corrected chi connectivity index (χ0v) is 13.4. The van der Waals surface area contributed by atoms with E-state index in [1.165, 1.54) is 31.2 Å². The van der Waals surface area contributed by atoms with Gasteiger partial charge in [-0.25, -0.2) is 0 Å². The molecule has 112 valence electrons. The van der Waals surface area contributed by atoms with Crippen LogP contribution in [0, 0.1) is 0 Å². The van der Waals surface area contributed by atoms with Crippen molar-refractivity contribution in [2.75, 3.05) is 6.54 Å². The summed E-state index contributed by atoms with van der Waals surface area (Å²) < 4.78 is 0. The van der Waals surface area contributed by atoms with Gasteiger partial charge in [-0.05, 0) is 44.4 Å². The Bertz CT molecular complexity index is 421. The Morgan fingerprint density at radius 3 is 2.75 bits per heavy atom. The summed E-state index contributed by atoms with van der Waals surface area (Å²) in [5, 5.41) is 0.845. The molecule has 2 N–H and O–H groups in total. The average molecular weight is 295 g/mol. The van der Waals surface area contributed by atoms with Crippen molar-refractivity contribution in [1.82, 2.24) is 4.90 Å². The molecule has 3 atom stereocenters. The largest absolute Gasteiger partial charge is 0.326 e. The van der Waals surface area contributed by atoms with Crippen molar-refractivity contribution in [3.05, 3.63) is 34.9 Å². The normalized spacial score (nSPS) is 24.1. The minimum absolute atomic E-state index is 0.135. The van der Waals surface area contributed by atoms with E-state index in [9.17, 15) is 0 Å². The van der Waals surface area contributed by atoms with Crippen molar-refractivity contribution in [3.63, 3.8) is 0 Å². The predicted octanol–water partition coefficient (Wildman–Crippen LogP) is 4.38. The second-order valence-corrected chi connectivity index (χ2v) is 6.38. The minimum atomic E-state index is 0.135. The van der Waals surface area contributed by atoms with E-state index in [2.05, 4.69) is 30.9 Å². The van der Waals surface area contributed by atoms with E-state index in [-0.39, 0.29) is 12.1 Å². The van der Waals surface area contributed by atoms with Crippen molar-refractivity contribution in [2.24, 2.45) is 5.73 Å². The van der Waals surface area contributed by atoms with Gasteiger partial charge in [0.1, 0.15) is 0 Å². The SMILES string of the molecule is CCC(N)C(c1ccccc1Cl)N1CCCCCC1C. The van der Waals surface area contributed by atoms with E-state index in [1.54, 1.807) is 0 Å². The number of rotatable bonds is 4. The number of benzene rings is 1. The smallest absolute Gasteiger partial charge is 0.0516 e. The summed E-state index contributed by atoms with van der Waals surface area (Å²) in [6.45, 7) is 5.62. The van der Waals surface area contributed by atoms with Crippen LogP contribution in [0.2, 0.25) is 5.02 Å². The zero-order valence-electron chi connectivity index (χ0n) is 12.7. The Labute approximate surface area is 128 Å². The summed E-state index contributed by atoms with van der Waals surface area (Å²) >= 11 is 6.45. The Hall–Kier alpha value is -0.570. The van der Waals surface area contributed by atoms with Crippen LogP contribution in [0.5, 0.6) is 0 Å². The van der Waals surface area contributed by atoms with Crippen molar-refractivity contribution < 1.29 is 0 Å². The summed E-state index contributed by atoms with van der Waals surface area (Å²) in [4.78, 5) is 2.59. The maximum absolute atomic E-state index is 6.46. The molecule has 0 bridgehead atoms. The monoisotopic (exact) mass is 294 g/mol. The number of nitrogens with zero attached hydrogens (tertiary/aromatic N) is 1. The lowest BCUT2D eigenvalue weighted by atomic mass is 9.94. The highest BCUT2D eigenvalue weighted by Gasteiger charge is 2.31. The second kappa shape index (κ2) is 7.44. The van der Waals surface area contributed by atoms with E-state index < -0.39 is 0 Å². The Kier molecular flexibility index (Phi) is 5.88. The zero-order chi connectivity index (χ0) is 14.5. The Morgan fingerprint density at radius 1 is 1.30 bits per heavy atom. The van der Waals surface area contributed by atoms with Crippen molar-refractivity contribution in [2.45, 2.75) is 64.1 Å². The van der Waals surface area contributed by atoms with Crippen LogP contribution in [0.25, 0.3) is 0 Å². The lowest BCUT2D eigenvalue weighted by Gasteiger charge is -2.39. The first-order valence-corrected chi connectivity index (χ1v) is 8.28. The fraction of sp³-hybridized carbons (Fsp3) is 0.647. The van der Waals surface area contributed by atoms with Crippen LogP contribution in [-0.2, 0) is 0 Å². The molecule has 0 radical (unpaired) electrons. The molecule has 1 aromatic carbocycles. The van der Waals surface area contributed by atoms with Crippen LogP contribution < -0.4 is 5.73 Å². The Balaban J connectivity index is 2.34. The third-order valence-corrected chi connectivity index (χ3v) is 4.91. The van der Waals surface area contributed by atoms with Gasteiger partial charge in [0, 0.05) is 17.1 Å². The first-order chi connectivity index (χ1) is 9.65. The lowest BCUT2D eigenvalue weighted by Crippen LogP contribution is -2.45. The summed E-state index contributed by atoms with van der Waals surface area (Å²) in [7, 11) is 0. The maximum Gasteiger partial charge on any atom is 0.0516 e. The van der Waals surface area contributed by atoms with Crippen LogP contribution >= 0.6 is 11.6 Å². The third kappa shape index (κ3) is 3.55. The van der Waals surface area contributed by atoms with E-state index in [1.807, 2.05) is 12.1 Å². The molecular weight excluding hydrogens is 268 g/mol. The maximum atomic E-state index is 6.46. The van der Waals surface area contributed by atoms with Gasteiger partial charge in [-0.3, -0.25) is 4.90 Å². The highest BCUT2D eigenvalue weighted by Crippen LogP contribution is 2.34. The summed E-state index contributed by atoms with van der Waals surface area (Å²) in [5.41, 5.74) is 7.65. The molecule has 1 aromatic rings. The summed E-state index contributed by atoms with van der Waals surface area (Å²) in [6, 6.07) is 9.13. The van der Waals surface area contributed by atoms with Crippen molar-refractivity contribution in [3.8, 4) is 0 Å². The minimum Gasteiger partial charge on any atom is -0.326 e. The van der Waals surface area contributed by atoms with E-state index >= 15 is 0 Å². The molecule has 0 spiro atoms. The van der Waals surface area contributed by atoms with Gasteiger partial charge in [0.25, 0.3) is 0 Å². The van der Waals surface area contributed by atoms with Gasteiger partial charge in [-0.1, -0.05) is 49.6 Å². The highest BCUT2D eigenvalue weighted by molar-refractivity contribution is 6.31. The van der Waals surface area contributed by atoms with E-state index in [4.69, 9.17) is 17.3 Å². The number of likely N-dealkylation sites (tertiary alicyclic amines) is 1. The molecule has 1 fully saturated rings. The van der Waals surface area contributed by atoms with Crippen LogP contribution in [0.1, 0.15) is 57.6 Å². The van der Waals surface area contributed by atoms with Gasteiger partial charge in [-0.15, -0.1) is 0 Å². The fourth-order valence-electron chi connectivity index (χ4n) is 3.30. The Morgan fingerprint density at radius 2 is 2.05 bits per heavy atom. The lowest BCUT2D eigenvalue weighted by molar-refractivity contribution is 0.124. The standard InChI is InChI=1S/C17H27ClN2/c1-3-16(19)17(14-10-6-7-11-15(14)18)20-12-8-4-5-9-13(20)2/h6-7,10-11,13,16-17H,3-5,8-9,12,19H2,1-2H3. The number of halogens is 1. The molecule has 1 aliphatic heterocycles. The van der Waals surface area contributed by atoms with Crippen LogP contribution in [-0.4, -0.2) is 23.5 Å². The predicted molar refractivity (Wildman–Crippen MR) is 87.1 cm³/mol. The van der Waals surface area contributed by atoms with Gasteiger partial charge < -0.3 is 5.73 Å². The number of nitrogens with two attached hydrogens (primary N) is 1.